The molecule has 0 radical (unpaired) electrons. The molecule has 1 aromatic carbocycles. The Kier molecular flexibility index (Phi) is 6.01. The van der Waals surface area contributed by atoms with Crippen LogP contribution in [0.1, 0.15) is 41.0 Å². The minimum atomic E-state index is -0.800. The van der Waals surface area contributed by atoms with Crippen molar-refractivity contribution in [2.45, 2.75) is 33.4 Å². The molecule has 4 heterocycles. The van der Waals surface area contributed by atoms with Gasteiger partial charge in [-0.3, -0.25) is 14.6 Å². The Morgan fingerprint density at radius 1 is 1.08 bits per heavy atom. The van der Waals surface area contributed by atoms with Crippen LogP contribution in [0.25, 0.3) is 11.4 Å². The van der Waals surface area contributed by atoms with Crippen LogP contribution >= 0.6 is 0 Å². The molecule has 8 nitrogen and oxygen atoms in total. The molecule has 5 rings (SSSR count). The topological polar surface area (TPSA) is 97.0 Å². The van der Waals surface area contributed by atoms with Crippen molar-refractivity contribution in [2.75, 3.05) is 6.61 Å². The molecule has 0 bridgehead atoms. The fourth-order valence-corrected chi connectivity index (χ4v) is 4.67. The molecule has 8 heteroatoms. The predicted octanol–water partition coefficient (Wildman–Crippen LogP) is 4.37. The zero-order chi connectivity index (χ0) is 25.4. The molecule has 1 aliphatic heterocycles. The highest BCUT2D eigenvalue weighted by Crippen LogP contribution is 2.41. The largest absolute Gasteiger partial charge is 0.505 e. The maximum Gasteiger partial charge on any atom is 0.295 e. The molecule has 1 atom stereocenters. The maximum absolute atomic E-state index is 13.4. The smallest absolute Gasteiger partial charge is 0.295 e. The number of pyridine rings is 2. The van der Waals surface area contributed by atoms with Crippen LogP contribution in [-0.4, -0.2) is 42.7 Å². The summed E-state index contributed by atoms with van der Waals surface area (Å²) in [5.41, 5.74) is 4.03. The summed E-state index contributed by atoms with van der Waals surface area (Å²) in [6, 6.07) is 13.9. The summed E-state index contributed by atoms with van der Waals surface area (Å²) in [5, 5.41) is 11.5. The van der Waals surface area contributed by atoms with Crippen LogP contribution in [0.4, 0.5) is 0 Å². The van der Waals surface area contributed by atoms with Crippen molar-refractivity contribution in [3.05, 3.63) is 101 Å². The fourth-order valence-electron chi connectivity index (χ4n) is 4.67. The Morgan fingerprint density at radius 3 is 2.53 bits per heavy atom. The van der Waals surface area contributed by atoms with Crippen molar-refractivity contribution in [2.24, 2.45) is 0 Å². The number of imidazole rings is 1. The van der Waals surface area contributed by atoms with Gasteiger partial charge in [0.15, 0.2) is 5.76 Å². The lowest BCUT2D eigenvalue weighted by Crippen LogP contribution is -2.29. The van der Waals surface area contributed by atoms with Gasteiger partial charge in [-0.2, -0.15) is 0 Å². The van der Waals surface area contributed by atoms with E-state index in [0.717, 1.165) is 11.1 Å². The van der Waals surface area contributed by atoms with E-state index >= 15 is 0 Å². The Morgan fingerprint density at radius 2 is 1.86 bits per heavy atom. The van der Waals surface area contributed by atoms with Crippen molar-refractivity contribution < 1.29 is 19.4 Å². The fraction of sp³-hybridized carbons (Fsp3) is 0.214. The lowest BCUT2D eigenvalue weighted by Gasteiger charge is -2.25. The number of carbonyl (C=O) groups is 2. The van der Waals surface area contributed by atoms with Gasteiger partial charge in [-0.15, -0.1) is 0 Å². The summed E-state index contributed by atoms with van der Waals surface area (Å²) in [4.78, 5) is 36.9. The highest BCUT2D eigenvalue weighted by atomic mass is 16.5. The molecule has 0 aliphatic carbocycles. The number of aliphatic hydroxyl groups is 1. The van der Waals surface area contributed by atoms with E-state index in [4.69, 9.17) is 4.74 Å². The summed E-state index contributed by atoms with van der Waals surface area (Å²) < 4.78 is 7.43. The Labute approximate surface area is 208 Å². The maximum atomic E-state index is 13.4. The second kappa shape index (κ2) is 9.30. The monoisotopic (exact) mass is 482 g/mol. The summed E-state index contributed by atoms with van der Waals surface area (Å²) in [5.74, 6) is -1.04. The van der Waals surface area contributed by atoms with Crippen molar-refractivity contribution in [3.8, 4) is 5.75 Å². The number of aromatic nitrogens is 3. The summed E-state index contributed by atoms with van der Waals surface area (Å²) in [6.07, 6.45) is 5.16. The van der Waals surface area contributed by atoms with Gasteiger partial charge < -0.3 is 19.1 Å². The molecule has 4 aromatic rings. The molecule has 0 spiro atoms. The van der Waals surface area contributed by atoms with Gasteiger partial charge >= 0.3 is 0 Å². The first-order valence-electron chi connectivity index (χ1n) is 11.8. The van der Waals surface area contributed by atoms with E-state index in [0.29, 0.717) is 29.3 Å². The number of benzene rings is 1. The van der Waals surface area contributed by atoms with E-state index in [9.17, 15) is 14.7 Å². The van der Waals surface area contributed by atoms with Crippen LogP contribution < -0.4 is 4.74 Å². The Bertz CT molecular complexity index is 1490. The first kappa shape index (κ1) is 23.3. The molecule has 1 fully saturated rings. The minimum Gasteiger partial charge on any atom is -0.505 e. The average molecular weight is 483 g/mol. The first-order chi connectivity index (χ1) is 17.4. The highest BCUT2D eigenvalue weighted by Gasteiger charge is 2.46. The molecule has 1 aliphatic rings. The third-order valence-electron chi connectivity index (χ3n) is 6.43. The molecular formula is C28H26N4O4. The lowest BCUT2D eigenvalue weighted by molar-refractivity contribution is -0.140. The second-order valence-electron chi connectivity index (χ2n) is 8.72. The average Bonchev–Trinajstić information content (AvgIpc) is 3.35. The number of aryl methyl sites for hydroxylation is 2. The van der Waals surface area contributed by atoms with Crippen molar-refractivity contribution in [1.82, 2.24) is 19.3 Å². The number of likely N-dealkylation sites (tertiary alicyclic amines) is 1. The number of Topliss-reactive ketones (excluding diaryl/α,β-unsaturated/α-hetero) is 1. The zero-order valence-corrected chi connectivity index (χ0v) is 20.3. The predicted molar refractivity (Wildman–Crippen MR) is 134 cm³/mol. The standard InChI is InChI=1S/C28H26N4O4/c1-4-36-21-11-9-20(10-12-21)24-22(26(34)28(35)32(24)16-19-8-5-13-29-15-19)25(33)23-18(3)31-14-6-7-17(2)27(31)30-23/h5-15,24,33H,4,16H2,1-3H3. The van der Waals surface area contributed by atoms with Crippen molar-refractivity contribution >= 4 is 23.1 Å². The molecule has 3 aromatic heterocycles. The summed E-state index contributed by atoms with van der Waals surface area (Å²) in [6.45, 7) is 6.34. The number of ketones is 1. The molecular weight excluding hydrogens is 456 g/mol. The van der Waals surface area contributed by atoms with Crippen LogP contribution in [0.5, 0.6) is 5.75 Å². The van der Waals surface area contributed by atoms with Gasteiger partial charge in [0.1, 0.15) is 17.1 Å². The van der Waals surface area contributed by atoms with Gasteiger partial charge in [0.2, 0.25) is 0 Å². The van der Waals surface area contributed by atoms with Crippen molar-refractivity contribution in [3.63, 3.8) is 0 Å². The number of carbonyl (C=O) groups excluding carboxylic acids is 2. The highest BCUT2D eigenvalue weighted by molar-refractivity contribution is 6.46. The van der Waals surface area contributed by atoms with Crippen molar-refractivity contribution in [1.29, 1.82) is 0 Å². The number of hydrogen-bond donors (Lipinski definition) is 1. The third kappa shape index (κ3) is 3.90. The summed E-state index contributed by atoms with van der Waals surface area (Å²) in [7, 11) is 0. The van der Waals surface area contributed by atoms with Crippen LogP contribution in [0.3, 0.4) is 0 Å². The van der Waals surface area contributed by atoms with Gasteiger partial charge in [0.05, 0.1) is 23.9 Å². The number of aliphatic hydroxyl groups excluding tert-OH is 1. The molecule has 1 amide bonds. The number of nitrogens with zero attached hydrogens (tertiary/aromatic N) is 4. The van der Waals surface area contributed by atoms with E-state index < -0.39 is 17.7 Å². The van der Waals surface area contributed by atoms with E-state index in [-0.39, 0.29) is 23.6 Å². The lowest BCUT2D eigenvalue weighted by atomic mass is 9.96. The third-order valence-corrected chi connectivity index (χ3v) is 6.43. The Balaban J connectivity index is 1.68. The van der Waals surface area contributed by atoms with Gasteiger partial charge in [0.25, 0.3) is 11.7 Å². The zero-order valence-electron chi connectivity index (χ0n) is 20.3. The molecule has 1 N–H and O–H groups in total. The first-order valence-corrected chi connectivity index (χ1v) is 11.8. The molecule has 182 valence electrons. The van der Waals surface area contributed by atoms with Gasteiger partial charge in [-0.05, 0) is 61.7 Å². The molecule has 1 saturated heterocycles. The van der Waals surface area contributed by atoms with Crippen LogP contribution in [0, 0.1) is 13.8 Å². The van der Waals surface area contributed by atoms with Crippen LogP contribution in [-0.2, 0) is 16.1 Å². The minimum absolute atomic E-state index is 0.0113. The van der Waals surface area contributed by atoms with E-state index in [1.807, 2.05) is 61.7 Å². The van der Waals surface area contributed by atoms with E-state index in [1.54, 1.807) is 30.6 Å². The molecule has 36 heavy (non-hydrogen) atoms. The number of rotatable bonds is 6. The number of fused-ring (bicyclic) bond motifs is 1. The van der Waals surface area contributed by atoms with Gasteiger partial charge in [-0.1, -0.05) is 24.3 Å². The number of hydrogen-bond acceptors (Lipinski definition) is 6. The van der Waals surface area contributed by atoms with E-state index in [1.165, 1.54) is 4.90 Å². The number of amides is 1. The van der Waals surface area contributed by atoms with E-state index in [2.05, 4.69) is 9.97 Å². The van der Waals surface area contributed by atoms with Gasteiger partial charge in [-0.25, -0.2) is 4.98 Å². The molecule has 1 unspecified atom stereocenters. The van der Waals surface area contributed by atoms with Crippen LogP contribution in [0.2, 0.25) is 0 Å². The van der Waals surface area contributed by atoms with Crippen LogP contribution in [0.15, 0.2) is 72.7 Å². The second-order valence-corrected chi connectivity index (χ2v) is 8.72. The van der Waals surface area contributed by atoms with Gasteiger partial charge in [0, 0.05) is 25.1 Å². The molecule has 0 saturated carbocycles. The summed E-state index contributed by atoms with van der Waals surface area (Å²) >= 11 is 0. The normalized spacial score (nSPS) is 17.2. The SMILES string of the molecule is CCOc1ccc(C2C(=C(O)c3nc4c(C)cccn4c3C)C(=O)C(=O)N2Cc2cccnc2)cc1. The Hall–Kier alpha value is -4.46. The number of ether oxygens (including phenoxy) is 1. The quantitative estimate of drug-likeness (QED) is 0.249.